The van der Waals surface area contributed by atoms with Gasteiger partial charge in [0.1, 0.15) is 0 Å². The van der Waals surface area contributed by atoms with Crippen LogP contribution >= 0.6 is 0 Å². The Bertz CT molecular complexity index is 38.7. The largest absolute Gasteiger partial charge is 0.361 e. The van der Waals surface area contributed by atoms with Crippen molar-refractivity contribution >= 4 is 0 Å². The predicted molar refractivity (Wildman–Crippen MR) is 25.1 cm³/mol. The van der Waals surface area contributed by atoms with Crippen molar-refractivity contribution in [3.05, 3.63) is 12.8 Å². The highest BCUT2D eigenvalue weighted by Crippen LogP contribution is 1.93. The van der Waals surface area contributed by atoms with Gasteiger partial charge in [0.2, 0.25) is 6.29 Å². The van der Waals surface area contributed by atoms with Crippen LogP contribution in [-0.2, 0) is 0 Å². The van der Waals surface area contributed by atoms with E-state index in [0.717, 1.165) is 0 Å². The van der Waals surface area contributed by atoms with Crippen molar-refractivity contribution in [1.82, 2.24) is 5.32 Å². The number of aliphatic hydroxyl groups excluding tert-OH is 1. The Balaban J connectivity index is 2.68. The highest BCUT2D eigenvalue weighted by atomic mass is 16.5. The Morgan fingerprint density at radius 2 is 2.29 bits per heavy atom. The van der Waals surface area contributed by atoms with E-state index in [1.165, 1.54) is 6.54 Å². The van der Waals surface area contributed by atoms with E-state index in [-0.39, 0.29) is 6.42 Å². The molecule has 0 saturated heterocycles. The number of nitrogens with one attached hydrogen (secondary N) is 1. The van der Waals surface area contributed by atoms with Crippen LogP contribution < -0.4 is 5.32 Å². The zero-order valence-electron chi connectivity index (χ0n) is 4.18. The van der Waals surface area contributed by atoms with Crippen LogP contribution in [0, 0.1) is 12.8 Å². The first kappa shape index (κ1) is 6.88. The molecule has 0 aliphatic carbocycles. The Labute approximate surface area is 43.0 Å². The van der Waals surface area contributed by atoms with Crippen molar-refractivity contribution in [2.24, 2.45) is 0 Å². The highest BCUT2D eigenvalue weighted by Gasteiger charge is 1.94. The van der Waals surface area contributed by atoms with E-state index in [0.29, 0.717) is 0 Å². The molecule has 0 amide bonds. The fraction of sp³-hybridized carbons (Fsp3) is 0.500. The van der Waals surface area contributed by atoms with Crippen LogP contribution in [0.3, 0.4) is 0 Å². The molecule has 3 heteroatoms. The summed E-state index contributed by atoms with van der Waals surface area (Å²) in [6.07, 6.45) is -0.370. The Hall–Kier alpha value is -0.120. The third kappa shape index (κ3) is 5.88. The summed E-state index contributed by atoms with van der Waals surface area (Å²) in [4.78, 5) is 0. The topological polar surface area (TPSA) is 52.5 Å². The summed E-state index contributed by atoms with van der Waals surface area (Å²) in [6, 6.07) is 0. The van der Waals surface area contributed by atoms with E-state index in [2.05, 4.69) is 5.32 Å². The monoisotopic (exact) mass is 103 g/mol. The zero-order valence-corrected chi connectivity index (χ0v) is 4.18. The average molecular weight is 103 g/mol. The van der Waals surface area contributed by atoms with Crippen LogP contribution in [0.25, 0.3) is 0 Å². The number of hydrogen-bond acceptors (Lipinski definition) is 3. The molecule has 0 aliphatic rings. The molecule has 0 aromatic carbocycles. The van der Waals surface area contributed by atoms with Gasteiger partial charge in [0.25, 0.3) is 0 Å². The minimum absolute atomic E-state index is 0.191. The highest BCUT2D eigenvalue weighted by molar-refractivity contribution is 4.68. The van der Waals surface area contributed by atoms with Gasteiger partial charge in [-0.25, -0.2) is 0 Å². The molecule has 0 spiro atoms. The molecule has 2 radical (unpaired) electrons. The first-order valence-electron chi connectivity index (χ1n) is 2.00. The molecule has 0 aliphatic heterocycles. The number of hydrogen-bond donors (Lipinski definition) is 3. The van der Waals surface area contributed by atoms with Gasteiger partial charge < -0.3 is 15.5 Å². The molecule has 42 valence electrons. The first-order chi connectivity index (χ1) is 3.27. The van der Waals surface area contributed by atoms with Gasteiger partial charge in [-0.15, -0.1) is 0 Å². The lowest BCUT2D eigenvalue weighted by Gasteiger charge is -1.96. The molecule has 0 fully saturated rings. The quantitative estimate of drug-likeness (QED) is 0.471. The zero-order chi connectivity index (χ0) is 5.70. The van der Waals surface area contributed by atoms with Crippen LogP contribution in [-0.4, -0.2) is 17.3 Å². The van der Waals surface area contributed by atoms with Crippen molar-refractivity contribution < 1.29 is 10.2 Å². The second kappa shape index (κ2) is 4.05. The summed E-state index contributed by atoms with van der Waals surface area (Å²) < 4.78 is 0. The van der Waals surface area contributed by atoms with Gasteiger partial charge in [0, 0.05) is 13.0 Å². The fourth-order valence-corrected chi connectivity index (χ4v) is 0.193. The van der Waals surface area contributed by atoms with Crippen LogP contribution in [0.15, 0.2) is 0 Å². The van der Waals surface area contributed by atoms with Gasteiger partial charge in [0.15, 0.2) is 0 Å². The Kier molecular flexibility index (Phi) is 3.98. The number of aliphatic hydroxyl groups is 2. The molecular weight excluding hydrogens is 94.0 g/mol. The van der Waals surface area contributed by atoms with Gasteiger partial charge in [0.05, 0.1) is 0 Å². The molecule has 0 atom stereocenters. The van der Waals surface area contributed by atoms with E-state index in [9.17, 15) is 0 Å². The maximum Gasteiger partial charge on any atom is 0.219 e. The molecule has 7 heavy (non-hydrogen) atoms. The van der Waals surface area contributed by atoms with E-state index in [4.69, 9.17) is 10.2 Å². The minimum atomic E-state index is -0.561. The maximum atomic E-state index is 8.08. The normalized spacial score (nSPS) is 10.3. The SMILES string of the molecule is CN[CH]C[C](O)O. The lowest BCUT2D eigenvalue weighted by molar-refractivity contribution is 0.0777. The van der Waals surface area contributed by atoms with E-state index in [1.807, 2.05) is 0 Å². The Morgan fingerprint density at radius 3 is 2.43 bits per heavy atom. The van der Waals surface area contributed by atoms with Gasteiger partial charge >= 0.3 is 0 Å². The summed E-state index contributed by atoms with van der Waals surface area (Å²) in [5.74, 6) is 0. The predicted octanol–water partition coefficient (Wildman–Crippen LogP) is -0.00782. The molecule has 0 aromatic heterocycles. The van der Waals surface area contributed by atoms with Crippen molar-refractivity contribution in [1.29, 1.82) is 0 Å². The van der Waals surface area contributed by atoms with Gasteiger partial charge in [-0.3, -0.25) is 0 Å². The van der Waals surface area contributed by atoms with Crippen LogP contribution in [0.1, 0.15) is 6.42 Å². The van der Waals surface area contributed by atoms with E-state index < -0.39 is 6.29 Å². The molecule has 0 rings (SSSR count). The number of rotatable bonds is 3. The third-order valence-corrected chi connectivity index (χ3v) is 0.489. The molecule has 0 aromatic rings. The van der Waals surface area contributed by atoms with Crippen molar-refractivity contribution in [3.8, 4) is 0 Å². The summed E-state index contributed by atoms with van der Waals surface area (Å²) in [5, 5.41) is 18.8. The van der Waals surface area contributed by atoms with E-state index in [1.54, 1.807) is 7.05 Å². The second-order valence-corrected chi connectivity index (χ2v) is 1.11. The van der Waals surface area contributed by atoms with Crippen molar-refractivity contribution in [3.63, 3.8) is 0 Å². The van der Waals surface area contributed by atoms with Crippen molar-refractivity contribution in [2.45, 2.75) is 6.42 Å². The fourth-order valence-electron chi connectivity index (χ4n) is 0.193. The van der Waals surface area contributed by atoms with Crippen LogP contribution in [0.2, 0.25) is 0 Å². The molecule has 3 nitrogen and oxygen atoms in total. The smallest absolute Gasteiger partial charge is 0.219 e. The Morgan fingerprint density at radius 1 is 1.71 bits per heavy atom. The molecule has 3 N–H and O–H groups in total. The standard InChI is InChI=1S/C4H9NO2/c1-5-3-2-4(6)7/h3,5-7H,2H2,1H3. The van der Waals surface area contributed by atoms with Crippen LogP contribution in [0.4, 0.5) is 0 Å². The maximum absolute atomic E-state index is 8.08. The first-order valence-corrected chi connectivity index (χ1v) is 2.00. The second-order valence-electron chi connectivity index (χ2n) is 1.11. The molecule has 0 saturated carbocycles. The minimum Gasteiger partial charge on any atom is -0.361 e. The molecule has 0 bridgehead atoms. The summed E-state index contributed by atoms with van der Waals surface area (Å²) in [7, 11) is 1.70. The van der Waals surface area contributed by atoms with Crippen molar-refractivity contribution in [2.75, 3.05) is 7.05 Å². The summed E-state index contributed by atoms with van der Waals surface area (Å²) >= 11 is 0. The summed E-state index contributed by atoms with van der Waals surface area (Å²) in [5.41, 5.74) is 0. The lowest BCUT2D eigenvalue weighted by Crippen LogP contribution is -2.04. The molecular formula is C4H9NO2. The van der Waals surface area contributed by atoms with Gasteiger partial charge in [-0.05, 0) is 7.05 Å². The average Bonchev–Trinajstić information content (AvgIpc) is 1.61. The molecule has 0 heterocycles. The lowest BCUT2D eigenvalue weighted by atomic mass is 10.4. The summed E-state index contributed by atoms with van der Waals surface area (Å²) in [6.45, 7) is 1.54. The van der Waals surface area contributed by atoms with Gasteiger partial charge in [-0.2, -0.15) is 0 Å². The molecule has 0 unspecified atom stereocenters. The third-order valence-electron chi connectivity index (χ3n) is 0.489. The van der Waals surface area contributed by atoms with Crippen LogP contribution in [0.5, 0.6) is 0 Å². The van der Waals surface area contributed by atoms with Gasteiger partial charge in [-0.1, -0.05) is 0 Å². The van der Waals surface area contributed by atoms with E-state index >= 15 is 0 Å².